The molecule has 13 heavy (non-hydrogen) atoms. The summed E-state index contributed by atoms with van der Waals surface area (Å²) in [5.74, 6) is 0. The quantitative estimate of drug-likeness (QED) is 0.609. The summed E-state index contributed by atoms with van der Waals surface area (Å²) >= 11 is 0. The van der Waals surface area contributed by atoms with Crippen molar-refractivity contribution in [1.82, 2.24) is 0 Å². The van der Waals surface area contributed by atoms with Crippen LogP contribution in [0.3, 0.4) is 0 Å². The van der Waals surface area contributed by atoms with Crippen LogP contribution >= 0.6 is 0 Å². The van der Waals surface area contributed by atoms with Crippen molar-refractivity contribution >= 4 is 5.71 Å². The minimum atomic E-state index is 0.533. The van der Waals surface area contributed by atoms with Crippen LogP contribution in [0.4, 0.5) is 0 Å². The molecule has 0 fully saturated rings. The zero-order valence-electron chi connectivity index (χ0n) is 7.49. The SMILES string of the molecule is CO/N=C1/COCc2ccccc21. The Kier molecular flexibility index (Phi) is 2.27. The summed E-state index contributed by atoms with van der Waals surface area (Å²) in [4.78, 5) is 4.75. The van der Waals surface area contributed by atoms with Gasteiger partial charge in [0.1, 0.15) is 12.8 Å². The molecule has 0 N–H and O–H groups in total. The standard InChI is InChI=1S/C10H11NO2/c1-12-11-10-7-13-6-8-4-2-3-5-9(8)10/h2-5H,6-7H2,1H3/b11-10-. The maximum Gasteiger partial charge on any atom is 0.113 e. The molecule has 0 amide bonds. The number of benzene rings is 1. The molecule has 1 aromatic rings. The lowest BCUT2D eigenvalue weighted by atomic mass is 10.0. The monoisotopic (exact) mass is 177 g/mol. The van der Waals surface area contributed by atoms with Crippen LogP contribution in [0.5, 0.6) is 0 Å². The highest BCUT2D eigenvalue weighted by molar-refractivity contribution is 6.03. The van der Waals surface area contributed by atoms with Crippen LogP contribution in [0.25, 0.3) is 0 Å². The molecule has 0 aliphatic carbocycles. The van der Waals surface area contributed by atoms with Gasteiger partial charge >= 0.3 is 0 Å². The summed E-state index contributed by atoms with van der Waals surface area (Å²) in [5, 5.41) is 3.92. The largest absolute Gasteiger partial charge is 0.399 e. The average Bonchev–Trinajstić information content (AvgIpc) is 2.19. The first kappa shape index (κ1) is 8.26. The first-order valence-corrected chi connectivity index (χ1v) is 4.18. The Morgan fingerprint density at radius 2 is 2.15 bits per heavy atom. The van der Waals surface area contributed by atoms with E-state index in [1.807, 2.05) is 24.3 Å². The lowest BCUT2D eigenvalue weighted by molar-refractivity contribution is 0.144. The summed E-state index contributed by atoms with van der Waals surface area (Å²) in [6.45, 7) is 1.20. The second kappa shape index (κ2) is 3.58. The van der Waals surface area contributed by atoms with Gasteiger partial charge in [0.15, 0.2) is 0 Å². The lowest BCUT2D eigenvalue weighted by Gasteiger charge is -2.17. The first-order valence-electron chi connectivity index (χ1n) is 4.18. The number of rotatable bonds is 1. The minimum absolute atomic E-state index is 0.533. The molecule has 68 valence electrons. The van der Waals surface area contributed by atoms with Crippen molar-refractivity contribution < 1.29 is 9.57 Å². The fraction of sp³-hybridized carbons (Fsp3) is 0.300. The van der Waals surface area contributed by atoms with E-state index < -0.39 is 0 Å². The van der Waals surface area contributed by atoms with Gasteiger partial charge < -0.3 is 9.57 Å². The second-order valence-electron chi connectivity index (χ2n) is 2.87. The van der Waals surface area contributed by atoms with Gasteiger partial charge in [0.25, 0.3) is 0 Å². The smallest absolute Gasteiger partial charge is 0.113 e. The maximum absolute atomic E-state index is 5.35. The molecule has 0 saturated heterocycles. The van der Waals surface area contributed by atoms with Gasteiger partial charge in [-0.15, -0.1) is 0 Å². The summed E-state index contributed by atoms with van der Waals surface area (Å²) in [5.41, 5.74) is 3.17. The molecular formula is C10H11NO2. The van der Waals surface area contributed by atoms with Crippen LogP contribution in [0.15, 0.2) is 29.4 Å². The molecule has 0 radical (unpaired) electrons. The van der Waals surface area contributed by atoms with Crippen molar-refractivity contribution in [3.63, 3.8) is 0 Å². The molecule has 1 heterocycles. The van der Waals surface area contributed by atoms with Gasteiger partial charge in [-0.05, 0) is 5.56 Å². The second-order valence-corrected chi connectivity index (χ2v) is 2.87. The van der Waals surface area contributed by atoms with E-state index in [4.69, 9.17) is 9.57 Å². The van der Waals surface area contributed by atoms with Crippen LogP contribution in [-0.2, 0) is 16.2 Å². The van der Waals surface area contributed by atoms with E-state index in [2.05, 4.69) is 5.16 Å². The Balaban J connectivity index is 2.42. The molecule has 1 aliphatic heterocycles. The molecular weight excluding hydrogens is 166 g/mol. The van der Waals surface area contributed by atoms with Crippen LogP contribution in [0.2, 0.25) is 0 Å². The van der Waals surface area contributed by atoms with E-state index in [0.29, 0.717) is 13.2 Å². The number of oxime groups is 1. The number of nitrogens with zero attached hydrogens (tertiary/aromatic N) is 1. The number of hydrogen-bond acceptors (Lipinski definition) is 3. The topological polar surface area (TPSA) is 30.8 Å². The van der Waals surface area contributed by atoms with Crippen LogP contribution < -0.4 is 0 Å². The third-order valence-corrected chi connectivity index (χ3v) is 2.03. The van der Waals surface area contributed by atoms with Crippen LogP contribution in [-0.4, -0.2) is 19.4 Å². The fourth-order valence-corrected chi connectivity index (χ4v) is 1.45. The van der Waals surface area contributed by atoms with Gasteiger partial charge in [-0.2, -0.15) is 0 Å². The highest BCUT2D eigenvalue weighted by atomic mass is 16.6. The van der Waals surface area contributed by atoms with Gasteiger partial charge in [0.2, 0.25) is 0 Å². The van der Waals surface area contributed by atoms with Crippen LogP contribution in [0.1, 0.15) is 11.1 Å². The van der Waals surface area contributed by atoms with Crippen molar-refractivity contribution in [2.75, 3.05) is 13.7 Å². The molecule has 3 heteroatoms. The van der Waals surface area contributed by atoms with E-state index in [-0.39, 0.29) is 0 Å². The van der Waals surface area contributed by atoms with E-state index in [1.165, 1.54) is 5.56 Å². The normalized spacial score (nSPS) is 18.4. The zero-order valence-corrected chi connectivity index (χ0v) is 7.49. The molecule has 0 spiro atoms. The van der Waals surface area contributed by atoms with Crippen molar-refractivity contribution in [2.24, 2.45) is 5.16 Å². The zero-order chi connectivity index (χ0) is 9.10. The van der Waals surface area contributed by atoms with Gasteiger partial charge in [0.05, 0.1) is 13.2 Å². The van der Waals surface area contributed by atoms with E-state index in [0.717, 1.165) is 11.3 Å². The highest BCUT2D eigenvalue weighted by Gasteiger charge is 2.15. The van der Waals surface area contributed by atoms with Crippen LogP contribution in [0, 0.1) is 0 Å². The summed E-state index contributed by atoms with van der Waals surface area (Å²) < 4.78 is 5.35. The number of ether oxygens (including phenoxy) is 1. The molecule has 1 aromatic carbocycles. The van der Waals surface area contributed by atoms with E-state index in [9.17, 15) is 0 Å². The Bertz CT molecular complexity index is 333. The predicted molar refractivity (Wildman–Crippen MR) is 49.6 cm³/mol. The third-order valence-electron chi connectivity index (χ3n) is 2.03. The van der Waals surface area contributed by atoms with Gasteiger partial charge in [-0.3, -0.25) is 0 Å². The molecule has 0 bridgehead atoms. The molecule has 0 saturated carbocycles. The molecule has 0 atom stereocenters. The molecule has 0 aromatic heterocycles. The Labute approximate surface area is 77.0 Å². The Hall–Kier alpha value is -1.35. The maximum atomic E-state index is 5.35. The first-order chi connectivity index (χ1) is 6.42. The molecule has 2 rings (SSSR count). The van der Waals surface area contributed by atoms with Crippen molar-refractivity contribution in [1.29, 1.82) is 0 Å². The van der Waals surface area contributed by atoms with Gasteiger partial charge in [-0.1, -0.05) is 29.4 Å². The van der Waals surface area contributed by atoms with Gasteiger partial charge in [0, 0.05) is 5.56 Å². The predicted octanol–water partition coefficient (Wildman–Crippen LogP) is 1.57. The number of fused-ring (bicyclic) bond motifs is 1. The number of hydrogen-bond donors (Lipinski definition) is 0. The van der Waals surface area contributed by atoms with Crippen molar-refractivity contribution in [3.05, 3.63) is 35.4 Å². The van der Waals surface area contributed by atoms with E-state index >= 15 is 0 Å². The summed E-state index contributed by atoms with van der Waals surface area (Å²) in [6, 6.07) is 8.07. The minimum Gasteiger partial charge on any atom is -0.399 e. The average molecular weight is 177 g/mol. The third kappa shape index (κ3) is 1.55. The Morgan fingerprint density at radius 1 is 1.31 bits per heavy atom. The van der Waals surface area contributed by atoms with Crippen molar-refractivity contribution in [2.45, 2.75) is 6.61 Å². The highest BCUT2D eigenvalue weighted by Crippen LogP contribution is 2.16. The van der Waals surface area contributed by atoms with Gasteiger partial charge in [-0.25, -0.2) is 0 Å². The molecule has 3 nitrogen and oxygen atoms in total. The Morgan fingerprint density at radius 3 is 3.00 bits per heavy atom. The fourth-order valence-electron chi connectivity index (χ4n) is 1.45. The lowest BCUT2D eigenvalue weighted by Crippen LogP contribution is -2.19. The van der Waals surface area contributed by atoms with E-state index in [1.54, 1.807) is 7.11 Å². The molecule has 1 aliphatic rings. The summed E-state index contributed by atoms with van der Waals surface area (Å²) in [7, 11) is 1.55. The summed E-state index contributed by atoms with van der Waals surface area (Å²) in [6.07, 6.45) is 0. The van der Waals surface area contributed by atoms with Crippen molar-refractivity contribution in [3.8, 4) is 0 Å². The molecule has 0 unspecified atom stereocenters.